The summed E-state index contributed by atoms with van der Waals surface area (Å²) in [5.41, 5.74) is 6.14. The van der Waals surface area contributed by atoms with Crippen LogP contribution >= 0.6 is 11.6 Å². The number of nitrogen functional groups attached to an aromatic ring is 1. The van der Waals surface area contributed by atoms with Crippen LogP contribution in [0.4, 0.5) is 5.69 Å². The third-order valence-electron chi connectivity index (χ3n) is 3.07. The Morgan fingerprint density at radius 1 is 1.42 bits per heavy atom. The molecule has 0 aromatic heterocycles. The van der Waals surface area contributed by atoms with E-state index in [1.807, 2.05) is 0 Å². The van der Waals surface area contributed by atoms with Gasteiger partial charge in [0.05, 0.1) is 16.8 Å². The molecule has 2 unspecified atom stereocenters. The minimum absolute atomic E-state index is 0.00219. The number of β-amino-alcohol motifs (C(OH)–C–C–N with tert-alkyl or cyclic N) is 1. The summed E-state index contributed by atoms with van der Waals surface area (Å²) < 4.78 is 0. The highest BCUT2D eigenvalue weighted by atomic mass is 35.5. The van der Waals surface area contributed by atoms with E-state index in [2.05, 4.69) is 0 Å². The fourth-order valence-corrected chi connectivity index (χ4v) is 2.28. The molecule has 2 atom stereocenters. The number of rotatable bonds is 2. The van der Waals surface area contributed by atoms with Gasteiger partial charge in [-0.3, -0.25) is 4.79 Å². The molecule has 1 aromatic carbocycles. The largest absolute Gasteiger partial charge is 0.480 e. The number of carboxylic acids is 1. The number of hydrogen-bond acceptors (Lipinski definition) is 4. The van der Waals surface area contributed by atoms with Crippen molar-refractivity contribution in [2.45, 2.75) is 18.6 Å². The zero-order chi connectivity index (χ0) is 14.2. The molecule has 0 bridgehead atoms. The van der Waals surface area contributed by atoms with Crippen molar-refractivity contribution in [3.63, 3.8) is 0 Å². The van der Waals surface area contributed by atoms with Crippen molar-refractivity contribution in [3.8, 4) is 0 Å². The van der Waals surface area contributed by atoms with Gasteiger partial charge in [0.1, 0.15) is 6.04 Å². The van der Waals surface area contributed by atoms with Crippen LogP contribution in [-0.2, 0) is 4.79 Å². The molecule has 1 aromatic rings. The Morgan fingerprint density at radius 2 is 2.11 bits per heavy atom. The highest BCUT2D eigenvalue weighted by Crippen LogP contribution is 2.24. The van der Waals surface area contributed by atoms with Crippen LogP contribution in [0.15, 0.2) is 18.2 Å². The fourth-order valence-electron chi connectivity index (χ4n) is 2.10. The number of nitrogens with zero attached hydrogens (tertiary/aromatic N) is 1. The molecule has 1 saturated heterocycles. The number of halogens is 1. The van der Waals surface area contributed by atoms with Crippen LogP contribution in [0.2, 0.25) is 5.02 Å². The van der Waals surface area contributed by atoms with Crippen LogP contribution < -0.4 is 5.73 Å². The maximum absolute atomic E-state index is 12.2. The highest BCUT2D eigenvalue weighted by molar-refractivity contribution is 6.33. The van der Waals surface area contributed by atoms with Crippen molar-refractivity contribution in [2.24, 2.45) is 0 Å². The Hall–Kier alpha value is -1.79. The number of carboxylic acid groups (broad SMARTS) is 1. The van der Waals surface area contributed by atoms with E-state index in [9.17, 15) is 14.7 Å². The summed E-state index contributed by atoms with van der Waals surface area (Å²) in [5.74, 6) is -1.61. The number of likely N-dealkylation sites (tertiary alicyclic amines) is 1. The van der Waals surface area contributed by atoms with E-state index in [1.54, 1.807) is 0 Å². The Bertz CT molecular complexity index is 534. The Morgan fingerprint density at radius 3 is 2.68 bits per heavy atom. The quantitative estimate of drug-likeness (QED) is 0.689. The van der Waals surface area contributed by atoms with E-state index >= 15 is 0 Å². The van der Waals surface area contributed by atoms with Gasteiger partial charge in [-0.25, -0.2) is 4.79 Å². The van der Waals surface area contributed by atoms with Crippen molar-refractivity contribution in [2.75, 3.05) is 12.3 Å². The lowest BCUT2D eigenvalue weighted by Crippen LogP contribution is -2.40. The lowest BCUT2D eigenvalue weighted by Gasteiger charge is -2.21. The molecule has 2 rings (SSSR count). The van der Waals surface area contributed by atoms with E-state index in [0.29, 0.717) is 5.69 Å². The lowest BCUT2D eigenvalue weighted by atomic mass is 10.1. The molecule has 0 saturated carbocycles. The first-order valence-electron chi connectivity index (χ1n) is 5.67. The molecule has 102 valence electrons. The van der Waals surface area contributed by atoms with Gasteiger partial charge in [0, 0.05) is 18.5 Å². The summed E-state index contributed by atoms with van der Waals surface area (Å²) >= 11 is 5.83. The summed E-state index contributed by atoms with van der Waals surface area (Å²) in [5, 5.41) is 18.8. The lowest BCUT2D eigenvalue weighted by molar-refractivity contribution is -0.141. The van der Waals surface area contributed by atoms with Crippen molar-refractivity contribution >= 4 is 29.2 Å². The summed E-state index contributed by atoms with van der Waals surface area (Å²) in [4.78, 5) is 24.4. The van der Waals surface area contributed by atoms with Crippen LogP contribution in [0.3, 0.4) is 0 Å². The number of carbonyl (C=O) groups excluding carboxylic acids is 1. The first-order chi connectivity index (χ1) is 8.90. The average Bonchev–Trinajstić information content (AvgIpc) is 2.74. The molecule has 0 radical (unpaired) electrons. The van der Waals surface area contributed by atoms with Gasteiger partial charge in [-0.15, -0.1) is 0 Å². The minimum atomic E-state index is -1.13. The van der Waals surface area contributed by atoms with Crippen LogP contribution in [-0.4, -0.2) is 45.7 Å². The topological polar surface area (TPSA) is 104 Å². The monoisotopic (exact) mass is 284 g/mol. The molecule has 0 aliphatic carbocycles. The fraction of sp³-hybridized carbons (Fsp3) is 0.333. The van der Waals surface area contributed by atoms with Gasteiger partial charge in [0.25, 0.3) is 5.91 Å². The van der Waals surface area contributed by atoms with Crippen LogP contribution in [0, 0.1) is 0 Å². The molecule has 1 aliphatic heterocycles. The molecule has 0 spiro atoms. The summed E-state index contributed by atoms with van der Waals surface area (Å²) in [7, 11) is 0. The molecule has 6 nitrogen and oxygen atoms in total. The Labute approximate surface area is 114 Å². The van der Waals surface area contributed by atoms with Gasteiger partial charge < -0.3 is 20.8 Å². The maximum Gasteiger partial charge on any atom is 0.326 e. The number of carbonyl (C=O) groups is 2. The molecule has 1 fully saturated rings. The molecule has 1 amide bonds. The maximum atomic E-state index is 12.2. The minimum Gasteiger partial charge on any atom is -0.480 e. The molecule has 19 heavy (non-hydrogen) atoms. The predicted octanol–water partition coefficient (Wildman–Crippen LogP) is 0.582. The second kappa shape index (κ2) is 5.07. The summed E-state index contributed by atoms with van der Waals surface area (Å²) in [6, 6.07) is 3.34. The number of aliphatic hydroxyl groups excluding tert-OH is 1. The van der Waals surface area contributed by atoms with E-state index in [4.69, 9.17) is 22.4 Å². The van der Waals surface area contributed by atoms with Crippen LogP contribution in [0.1, 0.15) is 16.8 Å². The molecule has 7 heteroatoms. The second-order valence-electron chi connectivity index (χ2n) is 4.44. The van der Waals surface area contributed by atoms with Gasteiger partial charge in [0.15, 0.2) is 0 Å². The average molecular weight is 285 g/mol. The number of aliphatic carboxylic acids is 1. The van der Waals surface area contributed by atoms with Crippen molar-refractivity contribution in [1.29, 1.82) is 0 Å². The summed E-state index contributed by atoms with van der Waals surface area (Å²) in [6.07, 6.45) is -0.793. The van der Waals surface area contributed by atoms with E-state index in [1.165, 1.54) is 18.2 Å². The number of benzene rings is 1. The standard InChI is InChI=1S/C12H13ClN2O4/c13-8-3-6(1-2-9(8)14)11(17)15-5-7(16)4-10(15)12(18)19/h1-3,7,10,16H,4-5,14H2,(H,18,19). The smallest absolute Gasteiger partial charge is 0.326 e. The molecular weight excluding hydrogens is 272 g/mol. The second-order valence-corrected chi connectivity index (χ2v) is 4.84. The Balaban J connectivity index is 2.27. The highest BCUT2D eigenvalue weighted by Gasteiger charge is 2.39. The molecule has 1 heterocycles. The number of aliphatic hydroxyl groups is 1. The number of amides is 1. The van der Waals surface area contributed by atoms with Gasteiger partial charge in [-0.2, -0.15) is 0 Å². The molecule has 4 N–H and O–H groups in total. The van der Waals surface area contributed by atoms with Crippen LogP contribution in [0.5, 0.6) is 0 Å². The van der Waals surface area contributed by atoms with Gasteiger partial charge >= 0.3 is 5.97 Å². The number of hydrogen-bond donors (Lipinski definition) is 3. The number of anilines is 1. The van der Waals surface area contributed by atoms with Gasteiger partial charge in [-0.1, -0.05) is 11.6 Å². The zero-order valence-electron chi connectivity index (χ0n) is 9.91. The van der Waals surface area contributed by atoms with Crippen molar-refractivity contribution in [1.82, 2.24) is 4.90 Å². The molecule has 1 aliphatic rings. The first-order valence-corrected chi connectivity index (χ1v) is 6.05. The zero-order valence-corrected chi connectivity index (χ0v) is 10.7. The van der Waals surface area contributed by atoms with Crippen molar-refractivity contribution < 1.29 is 19.8 Å². The molecular formula is C12H13ClN2O4. The normalized spacial score (nSPS) is 22.5. The Kier molecular flexibility index (Phi) is 3.64. The first kappa shape index (κ1) is 13.6. The SMILES string of the molecule is Nc1ccc(C(=O)N2CC(O)CC2C(=O)O)cc1Cl. The van der Waals surface area contributed by atoms with Crippen LogP contribution in [0.25, 0.3) is 0 Å². The third-order valence-corrected chi connectivity index (χ3v) is 3.40. The van der Waals surface area contributed by atoms with Gasteiger partial charge in [-0.05, 0) is 18.2 Å². The number of nitrogens with two attached hydrogens (primary N) is 1. The van der Waals surface area contributed by atoms with E-state index < -0.39 is 24.0 Å². The van der Waals surface area contributed by atoms with Crippen molar-refractivity contribution in [3.05, 3.63) is 28.8 Å². The van der Waals surface area contributed by atoms with Gasteiger partial charge in [0.2, 0.25) is 0 Å². The third kappa shape index (κ3) is 2.64. The summed E-state index contributed by atoms with van der Waals surface area (Å²) in [6.45, 7) is -0.00219. The van der Waals surface area contributed by atoms with E-state index in [-0.39, 0.29) is 23.6 Å². The predicted molar refractivity (Wildman–Crippen MR) is 68.9 cm³/mol. The van der Waals surface area contributed by atoms with E-state index in [0.717, 1.165) is 4.90 Å².